The molecular formula is C21H30N4O3. The van der Waals surface area contributed by atoms with Crippen LogP contribution in [0.1, 0.15) is 52.0 Å². The number of hydrogen-bond donors (Lipinski definition) is 1. The first-order chi connectivity index (χ1) is 13.2. The zero-order valence-electron chi connectivity index (χ0n) is 17.1. The van der Waals surface area contributed by atoms with Crippen LogP contribution in [0.25, 0.3) is 0 Å². The predicted molar refractivity (Wildman–Crippen MR) is 109 cm³/mol. The zero-order valence-corrected chi connectivity index (χ0v) is 17.1. The van der Waals surface area contributed by atoms with E-state index in [-0.39, 0.29) is 34.8 Å². The van der Waals surface area contributed by atoms with Gasteiger partial charge in [-0.1, -0.05) is 33.8 Å². The van der Waals surface area contributed by atoms with E-state index < -0.39 is 0 Å². The van der Waals surface area contributed by atoms with E-state index in [1.165, 1.54) is 0 Å². The minimum Gasteiger partial charge on any atom is -0.365 e. The third kappa shape index (κ3) is 5.69. The molecule has 1 aromatic rings. The molecule has 0 spiro atoms. The molecule has 0 heterocycles. The average Bonchev–Trinajstić information content (AvgIpc) is 3.40. The SMILES string of the molecule is CC(C)CN(CC(C)C)c1ccc([C@@H]2C[C@@H]2C(=O)NCCC#N)cc1[N+](=O)[O-]. The molecule has 28 heavy (non-hydrogen) atoms. The summed E-state index contributed by atoms with van der Waals surface area (Å²) >= 11 is 0. The Bertz CT molecular complexity index is 745. The first kappa shape index (κ1) is 21.7. The molecule has 0 aliphatic heterocycles. The van der Waals surface area contributed by atoms with E-state index >= 15 is 0 Å². The van der Waals surface area contributed by atoms with Gasteiger partial charge in [-0.2, -0.15) is 5.26 Å². The third-order valence-electron chi connectivity index (χ3n) is 4.80. The van der Waals surface area contributed by atoms with Crippen molar-refractivity contribution in [3.8, 4) is 6.07 Å². The minimum absolute atomic E-state index is 0.0125. The maximum absolute atomic E-state index is 12.1. The summed E-state index contributed by atoms with van der Waals surface area (Å²) in [4.78, 5) is 25.7. The first-order valence-electron chi connectivity index (χ1n) is 9.92. The van der Waals surface area contributed by atoms with Gasteiger partial charge in [-0.05, 0) is 35.8 Å². The number of nitriles is 1. The van der Waals surface area contributed by atoms with Gasteiger partial charge in [0.1, 0.15) is 5.69 Å². The molecule has 0 radical (unpaired) electrons. The van der Waals surface area contributed by atoms with E-state index in [9.17, 15) is 14.9 Å². The second-order valence-electron chi connectivity index (χ2n) is 8.35. The fourth-order valence-electron chi connectivity index (χ4n) is 3.56. The molecule has 0 bridgehead atoms. The number of carbonyl (C=O) groups is 1. The van der Waals surface area contributed by atoms with E-state index in [1.54, 1.807) is 6.07 Å². The summed E-state index contributed by atoms with van der Waals surface area (Å²) in [6.07, 6.45) is 0.974. The molecule has 1 fully saturated rings. The highest BCUT2D eigenvalue weighted by Gasteiger charge is 2.44. The second kappa shape index (κ2) is 9.54. The number of carbonyl (C=O) groups excluding carboxylic acids is 1. The van der Waals surface area contributed by atoms with Crippen LogP contribution in [0.5, 0.6) is 0 Å². The lowest BCUT2D eigenvalue weighted by molar-refractivity contribution is -0.384. The normalized spacial score (nSPS) is 18.0. The largest absolute Gasteiger partial charge is 0.365 e. The first-order valence-corrected chi connectivity index (χ1v) is 9.92. The van der Waals surface area contributed by atoms with Gasteiger partial charge in [-0.25, -0.2) is 0 Å². The molecule has 1 amide bonds. The van der Waals surface area contributed by atoms with Crippen LogP contribution in [0.4, 0.5) is 11.4 Å². The molecule has 7 nitrogen and oxygen atoms in total. The Hall–Kier alpha value is -2.62. The van der Waals surface area contributed by atoms with Crippen LogP contribution in [0.15, 0.2) is 18.2 Å². The Balaban J connectivity index is 2.20. The Kier molecular flexibility index (Phi) is 7.38. The number of nitro groups is 1. The molecule has 0 saturated heterocycles. The lowest BCUT2D eigenvalue weighted by Gasteiger charge is -2.28. The Morgan fingerprint density at radius 2 is 1.96 bits per heavy atom. The van der Waals surface area contributed by atoms with E-state index in [0.717, 1.165) is 18.7 Å². The lowest BCUT2D eigenvalue weighted by Crippen LogP contribution is -2.31. The fraction of sp³-hybridized carbons (Fsp3) is 0.619. The molecule has 152 valence electrons. The average molecular weight is 386 g/mol. The Morgan fingerprint density at radius 3 is 2.50 bits per heavy atom. The standard InChI is InChI=1S/C21H30N4O3/c1-14(2)12-24(13-15(3)4)19-7-6-16(10-20(19)25(27)28)17-11-18(17)21(26)23-9-5-8-22/h6-7,10,14-15,17-18H,5,9,11-13H2,1-4H3,(H,23,26)/t17-,18-/m0/s1. The fourth-order valence-corrected chi connectivity index (χ4v) is 3.56. The van der Waals surface area contributed by atoms with Gasteiger partial charge in [0.15, 0.2) is 0 Å². The monoisotopic (exact) mass is 386 g/mol. The molecular weight excluding hydrogens is 356 g/mol. The highest BCUT2D eigenvalue weighted by molar-refractivity contribution is 5.83. The van der Waals surface area contributed by atoms with Crippen LogP contribution in [0.2, 0.25) is 0 Å². The summed E-state index contributed by atoms with van der Waals surface area (Å²) in [6, 6.07) is 7.38. The topological polar surface area (TPSA) is 99.3 Å². The molecule has 2 rings (SSSR count). The zero-order chi connectivity index (χ0) is 20.8. The van der Waals surface area contributed by atoms with Gasteiger partial charge in [0.05, 0.1) is 17.4 Å². The highest BCUT2D eigenvalue weighted by atomic mass is 16.6. The molecule has 0 aromatic heterocycles. The van der Waals surface area contributed by atoms with Crippen LogP contribution in [0.3, 0.4) is 0 Å². The predicted octanol–water partition coefficient (Wildman–Crippen LogP) is 3.85. The van der Waals surface area contributed by atoms with Crippen LogP contribution in [-0.4, -0.2) is 30.5 Å². The molecule has 2 atom stereocenters. The van der Waals surface area contributed by atoms with Gasteiger partial charge < -0.3 is 10.2 Å². The summed E-state index contributed by atoms with van der Waals surface area (Å²) in [7, 11) is 0. The number of anilines is 1. The molecule has 0 unspecified atom stereocenters. The molecule has 1 N–H and O–H groups in total. The van der Waals surface area contributed by atoms with Crippen molar-refractivity contribution in [3.63, 3.8) is 0 Å². The van der Waals surface area contributed by atoms with Crippen molar-refractivity contribution in [2.45, 2.75) is 46.5 Å². The van der Waals surface area contributed by atoms with Crippen LogP contribution >= 0.6 is 0 Å². The number of nitrogens with zero attached hydrogens (tertiary/aromatic N) is 3. The quantitative estimate of drug-likeness (QED) is 0.374. The van der Waals surface area contributed by atoms with Gasteiger partial charge in [-0.3, -0.25) is 14.9 Å². The third-order valence-corrected chi connectivity index (χ3v) is 4.80. The highest BCUT2D eigenvalue weighted by Crippen LogP contribution is 2.49. The van der Waals surface area contributed by atoms with Crippen LogP contribution < -0.4 is 10.2 Å². The van der Waals surface area contributed by atoms with Crippen molar-refractivity contribution in [1.82, 2.24) is 5.32 Å². The maximum Gasteiger partial charge on any atom is 0.292 e. The van der Waals surface area contributed by atoms with Crippen molar-refractivity contribution < 1.29 is 9.72 Å². The van der Waals surface area contributed by atoms with Crippen molar-refractivity contribution in [1.29, 1.82) is 5.26 Å². The number of hydrogen-bond acceptors (Lipinski definition) is 5. The summed E-state index contributed by atoms with van der Waals surface area (Å²) in [5, 5.41) is 23.1. The van der Waals surface area contributed by atoms with Crippen molar-refractivity contribution in [2.24, 2.45) is 17.8 Å². The van der Waals surface area contributed by atoms with Gasteiger partial charge >= 0.3 is 0 Å². The van der Waals surface area contributed by atoms with E-state index in [4.69, 9.17) is 5.26 Å². The van der Waals surface area contributed by atoms with Gasteiger partial charge in [-0.15, -0.1) is 0 Å². The van der Waals surface area contributed by atoms with Gasteiger partial charge in [0, 0.05) is 31.6 Å². The molecule has 1 aliphatic rings. The maximum atomic E-state index is 12.1. The number of nitrogens with one attached hydrogen (secondary N) is 1. The Morgan fingerprint density at radius 1 is 1.32 bits per heavy atom. The lowest BCUT2D eigenvalue weighted by atomic mass is 10.0. The molecule has 1 saturated carbocycles. The van der Waals surface area contributed by atoms with E-state index in [1.807, 2.05) is 18.2 Å². The van der Waals surface area contributed by atoms with Crippen molar-refractivity contribution >= 4 is 17.3 Å². The Labute approximate surface area is 166 Å². The second-order valence-corrected chi connectivity index (χ2v) is 8.35. The van der Waals surface area contributed by atoms with Gasteiger partial charge in [0.2, 0.25) is 5.91 Å². The van der Waals surface area contributed by atoms with Crippen LogP contribution in [0, 0.1) is 39.2 Å². The smallest absolute Gasteiger partial charge is 0.292 e. The minimum atomic E-state index is -0.323. The number of nitro benzene ring substituents is 1. The summed E-state index contributed by atoms with van der Waals surface area (Å²) in [6.45, 7) is 10.3. The number of amides is 1. The van der Waals surface area contributed by atoms with E-state index in [2.05, 4.69) is 37.9 Å². The molecule has 1 aliphatic carbocycles. The summed E-state index contributed by atoms with van der Waals surface area (Å²) in [5.74, 6) is 0.559. The van der Waals surface area contributed by atoms with E-state index in [0.29, 0.717) is 30.5 Å². The molecule has 1 aromatic carbocycles. The number of benzene rings is 1. The van der Waals surface area contributed by atoms with Crippen molar-refractivity contribution in [3.05, 3.63) is 33.9 Å². The summed E-state index contributed by atoms with van der Waals surface area (Å²) < 4.78 is 0. The van der Waals surface area contributed by atoms with Crippen LogP contribution in [-0.2, 0) is 4.79 Å². The molecule has 7 heteroatoms. The van der Waals surface area contributed by atoms with Gasteiger partial charge in [0.25, 0.3) is 5.69 Å². The number of rotatable bonds is 10. The van der Waals surface area contributed by atoms with Crippen molar-refractivity contribution in [2.75, 3.05) is 24.5 Å². The summed E-state index contributed by atoms with van der Waals surface area (Å²) in [5.41, 5.74) is 1.59.